The molecule has 4 aromatic rings. The van der Waals surface area contributed by atoms with Crippen molar-refractivity contribution in [1.82, 2.24) is 29.2 Å². The first-order valence-corrected chi connectivity index (χ1v) is 11.3. The van der Waals surface area contributed by atoms with Gasteiger partial charge in [0.15, 0.2) is 0 Å². The van der Waals surface area contributed by atoms with Gasteiger partial charge in [0.25, 0.3) is 0 Å². The fraction of sp³-hybridized carbons (Fsp3) is 0.292. The van der Waals surface area contributed by atoms with E-state index in [-0.39, 0.29) is 12.1 Å². The summed E-state index contributed by atoms with van der Waals surface area (Å²) < 4.78 is 32.0. The minimum absolute atomic E-state index is 0.00710. The van der Waals surface area contributed by atoms with E-state index < -0.39 is 23.3 Å². The molecule has 2 atom stereocenters. The van der Waals surface area contributed by atoms with Gasteiger partial charge >= 0.3 is 0 Å². The molecule has 2 aromatic heterocycles. The van der Waals surface area contributed by atoms with E-state index in [9.17, 15) is 13.9 Å². The Kier molecular flexibility index (Phi) is 5.93. The zero-order valence-corrected chi connectivity index (χ0v) is 19.2. The van der Waals surface area contributed by atoms with E-state index in [1.165, 1.54) is 23.4 Å². The molecule has 0 radical (unpaired) electrons. The first-order chi connectivity index (χ1) is 16.3. The van der Waals surface area contributed by atoms with Crippen LogP contribution in [0.3, 0.4) is 0 Å². The molecule has 0 bridgehead atoms. The first kappa shape index (κ1) is 22.6. The maximum absolute atomic E-state index is 14.9. The summed E-state index contributed by atoms with van der Waals surface area (Å²) in [5.74, 6) is -0.671. The van der Waals surface area contributed by atoms with E-state index >= 15 is 0 Å². The average Bonchev–Trinajstić information content (AvgIpc) is 3.48. The normalized spacial score (nSPS) is 16.7. The second-order valence-electron chi connectivity index (χ2n) is 8.53. The van der Waals surface area contributed by atoms with Gasteiger partial charge in [0, 0.05) is 47.5 Å². The molecule has 1 aliphatic heterocycles. The second-order valence-corrected chi connectivity index (χ2v) is 8.97. The van der Waals surface area contributed by atoms with Crippen LogP contribution in [0.15, 0.2) is 61.3 Å². The number of halogens is 3. The fourth-order valence-corrected chi connectivity index (χ4v) is 4.63. The molecule has 10 heteroatoms. The minimum Gasteiger partial charge on any atom is -0.381 e. The molecule has 0 spiro atoms. The van der Waals surface area contributed by atoms with E-state index in [4.69, 9.17) is 16.6 Å². The number of fused-ring (bicyclic) bond motifs is 1. The third-order valence-electron chi connectivity index (χ3n) is 6.48. The third-order valence-corrected chi connectivity index (χ3v) is 6.73. The van der Waals surface area contributed by atoms with Crippen LogP contribution >= 0.6 is 11.6 Å². The van der Waals surface area contributed by atoms with Crippen LogP contribution in [0.4, 0.5) is 8.78 Å². The van der Waals surface area contributed by atoms with Gasteiger partial charge in [-0.25, -0.2) is 23.4 Å². The molecule has 34 heavy (non-hydrogen) atoms. The standard InChI is InChI=1S/C24H23ClF2N6O/c1-16(24(34,13-33-15-28-14-29-33)20-7-6-19(26)10-21(20)27)31-8-9-32-11-22(30-23(32)12-31)17-2-4-18(25)5-3-17/h2-7,10-11,14-16,34H,8-9,12-13H2,1H3/t16?,24-/m1/s1. The Labute approximate surface area is 200 Å². The van der Waals surface area contributed by atoms with Gasteiger partial charge in [-0.2, -0.15) is 5.10 Å². The summed E-state index contributed by atoms with van der Waals surface area (Å²) in [5.41, 5.74) is 0.109. The lowest BCUT2D eigenvalue weighted by Gasteiger charge is -2.42. The van der Waals surface area contributed by atoms with Crippen molar-refractivity contribution in [3.8, 4) is 11.3 Å². The lowest BCUT2D eigenvalue weighted by molar-refractivity contribution is -0.0709. The van der Waals surface area contributed by atoms with Gasteiger partial charge in [-0.1, -0.05) is 29.8 Å². The number of hydrogen-bond acceptors (Lipinski definition) is 5. The number of aromatic nitrogens is 5. The summed E-state index contributed by atoms with van der Waals surface area (Å²) in [6.45, 7) is 3.52. The highest BCUT2D eigenvalue weighted by Crippen LogP contribution is 2.34. The number of benzene rings is 2. The maximum Gasteiger partial charge on any atom is 0.137 e. The average molecular weight is 485 g/mol. The molecule has 3 heterocycles. The predicted molar refractivity (Wildman–Crippen MR) is 123 cm³/mol. The van der Waals surface area contributed by atoms with Crippen LogP contribution in [0.1, 0.15) is 18.3 Å². The third kappa shape index (κ3) is 4.22. The van der Waals surface area contributed by atoms with Crippen LogP contribution in [0.25, 0.3) is 11.3 Å². The molecule has 176 valence electrons. The second kappa shape index (κ2) is 8.90. The smallest absolute Gasteiger partial charge is 0.137 e. The van der Waals surface area contributed by atoms with Crippen LogP contribution < -0.4 is 0 Å². The topological polar surface area (TPSA) is 72.0 Å². The quantitative estimate of drug-likeness (QED) is 0.450. The lowest BCUT2D eigenvalue weighted by atomic mass is 9.85. The van der Waals surface area contributed by atoms with Crippen LogP contribution in [-0.4, -0.2) is 46.9 Å². The number of imidazole rings is 1. The highest BCUT2D eigenvalue weighted by molar-refractivity contribution is 6.30. The maximum atomic E-state index is 14.9. The summed E-state index contributed by atoms with van der Waals surface area (Å²) in [6, 6.07) is 10.2. The molecule has 0 amide bonds. The molecule has 0 aliphatic carbocycles. The number of nitrogens with zero attached hydrogens (tertiary/aromatic N) is 6. The molecule has 1 aliphatic rings. The molecular weight excluding hydrogens is 462 g/mol. The van der Waals surface area contributed by atoms with Crippen molar-refractivity contribution in [2.24, 2.45) is 0 Å². The van der Waals surface area contributed by atoms with E-state index in [1.807, 2.05) is 42.3 Å². The molecular formula is C24H23ClF2N6O. The van der Waals surface area contributed by atoms with E-state index in [0.717, 1.165) is 29.2 Å². The van der Waals surface area contributed by atoms with Crippen molar-refractivity contribution >= 4 is 11.6 Å². The summed E-state index contributed by atoms with van der Waals surface area (Å²) in [7, 11) is 0. The van der Waals surface area contributed by atoms with E-state index in [2.05, 4.69) is 14.6 Å². The lowest BCUT2D eigenvalue weighted by Crippen LogP contribution is -2.53. The number of hydrogen-bond donors (Lipinski definition) is 1. The van der Waals surface area contributed by atoms with Crippen molar-refractivity contribution in [2.45, 2.75) is 38.2 Å². The van der Waals surface area contributed by atoms with Gasteiger partial charge < -0.3 is 9.67 Å². The van der Waals surface area contributed by atoms with Crippen molar-refractivity contribution in [3.05, 3.63) is 89.4 Å². The molecule has 0 saturated carbocycles. The fourth-order valence-electron chi connectivity index (χ4n) is 4.51. The molecule has 5 rings (SSSR count). The van der Waals surface area contributed by atoms with Gasteiger partial charge in [0.1, 0.15) is 35.7 Å². The Hall–Kier alpha value is -3.14. The number of aliphatic hydroxyl groups is 1. The van der Waals surface area contributed by atoms with E-state index in [1.54, 1.807) is 0 Å². The zero-order chi connectivity index (χ0) is 23.9. The molecule has 0 saturated heterocycles. The largest absolute Gasteiger partial charge is 0.381 e. The van der Waals surface area contributed by atoms with E-state index in [0.29, 0.717) is 24.7 Å². The Bertz CT molecular complexity index is 1290. The zero-order valence-electron chi connectivity index (χ0n) is 18.4. The van der Waals surface area contributed by atoms with Gasteiger partial charge in [0.2, 0.25) is 0 Å². The van der Waals surface area contributed by atoms with Crippen LogP contribution in [0, 0.1) is 11.6 Å². The Morgan fingerprint density at radius 3 is 2.65 bits per heavy atom. The van der Waals surface area contributed by atoms with Gasteiger partial charge in [-0.15, -0.1) is 0 Å². The highest BCUT2D eigenvalue weighted by atomic mass is 35.5. The van der Waals surface area contributed by atoms with Crippen LogP contribution in [0.2, 0.25) is 5.02 Å². The Morgan fingerprint density at radius 2 is 1.94 bits per heavy atom. The molecule has 7 nitrogen and oxygen atoms in total. The SMILES string of the molecule is CC(N1CCn2cc(-c3ccc(Cl)cc3)nc2C1)[C@](O)(Cn1cncn1)c1ccc(F)cc1F. The Balaban J connectivity index is 1.45. The van der Waals surface area contributed by atoms with Crippen molar-refractivity contribution in [3.63, 3.8) is 0 Å². The summed E-state index contributed by atoms with van der Waals surface area (Å²) in [4.78, 5) is 10.8. The summed E-state index contributed by atoms with van der Waals surface area (Å²) >= 11 is 6.00. The van der Waals surface area contributed by atoms with Crippen molar-refractivity contribution in [2.75, 3.05) is 6.54 Å². The molecule has 1 unspecified atom stereocenters. The van der Waals surface area contributed by atoms with Gasteiger partial charge in [-0.3, -0.25) is 4.90 Å². The molecule has 0 fully saturated rings. The van der Waals surface area contributed by atoms with Crippen LogP contribution in [-0.2, 0) is 25.2 Å². The van der Waals surface area contributed by atoms with Gasteiger partial charge in [0.05, 0.1) is 18.8 Å². The highest BCUT2D eigenvalue weighted by Gasteiger charge is 2.43. The molecule has 1 N–H and O–H groups in total. The first-order valence-electron chi connectivity index (χ1n) is 10.9. The van der Waals surface area contributed by atoms with Crippen molar-refractivity contribution in [1.29, 1.82) is 0 Å². The number of rotatable bonds is 6. The van der Waals surface area contributed by atoms with Gasteiger partial charge in [-0.05, 0) is 25.1 Å². The predicted octanol–water partition coefficient (Wildman–Crippen LogP) is 3.87. The Morgan fingerprint density at radius 1 is 1.15 bits per heavy atom. The summed E-state index contributed by atoms with van der Waals surface area (Å²) in [5, 5.41) is 16.6. The van der Waals surface area contributed by atoms with Crippen molar-refractivity contribution < 1.29 is 13.9 Å². The summed E-state index contributed by atoms with van der Waals surface area (Å²) in [6.07, 6.45) is 4.81. The van der Waals surface area contributed by atoms with Crippen LogP contribution in [0.5, 0.6) is 0 Å². The minimum atomic E-state index is -1.70. The molecule has 2 aromatic carbocycles. The monoisotopic (exact) mass is 484 g/mol.